The second kappa shape index (κ2) is 4.72. The number of nitro benzene ring substituents is 1. The lowest BCUT2D eigenvalue weighted by Gasteiger charge is -2.11. The van der Waals surface area contributed by atoms with Crippen LogP contribution in [0.15, 0.2) is 24.3 Å². The first-order valence-corrected chi connectivity index (χ1v) is 5.98. The molecule has 1 heterocycles. The molecule has 0 unspecified atom stereocenters. The normalized spacial score (nSPS) is 23.5. The summed E-state index contributed by atoms with van der Waals surface area (Å²) >= 11 is 1.37. The van der Waals surface area contributed by atoms with E-state index < -0.39 is 16.9 Å². The number of hydrogen-bond donors (Lipinski definition) is 2. The fraction of sp³-hybridized carbons (Fsp3) is 0.300. The Kier molecular flexibility index (Phi) is 3.30. The maximum Gasteiger partial charge on any atom is 0.321 e. The summed E-state index contributed by atoms with van der Waals surface area (Å²) < 4.78 is 0. The Balaban J connectivity index is 2.24. The number of nitrogens with one attached hydrogen (secondary N) is 1. The highest BCUT2D eigenvalue weighted by molar-refractivity contribution is 7.99. The van der Waals surface area contributed by atoms with E-state index in [0.717, 1.165) is 0 Å². The summed E-state index contributed by atoms with van der Waals surface area (Å²) in [6.45, 7) is 0. The van der Waals surface area contributed by atoms with Crippen molar-refractivity contribution in [1.82, 2.24) is 5.32 Å². The maximum atomic E-state index is 10.8. The summed E-state index contributed by atoms with van der Waals surface area (Å²) in [6, 6.07) is 5.72. The van der Waals surface area contributed by atoms with E-state index >= 15 is 0 Å². The zero-order valence-electron chi connectivity index (χ0n) is 8.70. The van der Waals surface area contributed by atoms with E-state index in [0.29, 0.717) is 11.3 Å². The molecule has 17 heavy (non-hydrogen) atoms. The summed E-state index contributed by atoms with van der Waals surface area (Å²) in [7, 11) is 0. The minimum Gasteiger partial charge on any atom is -0.480 e. The van der Waals surface area contributed by atoms with E-state index in [1.54, 1.807) is 18.2 Å². The largest absolute Gasteiger partial charge is 0.480 e. The number of nitrogens with zero attached hydrogens (tertiary/aromatic N) is 1. The molecule has 1 aliphatic rings. The number of aliphatic carboxylic acids is 1. The van der Waals surface area contributed by atoms with Gasteiger partial charge in [-0.15, -0.1) is 11.8 Å². The minimum absolute atomic E-state index is 0.0172. The van der Waals surface area contributed by atoms with Gasteiger partial charge in [0.05, 0.1) is 15.9 Å². The third-order valence-electron chi connectivity index (χ3n) is 2.50. The fourth-order valence-electron chi connectivity index (χ4n) is 1.67. The molecule has 2 atom stereocenters. The summed E-state index contributed by atoms with van der Waals surface area (Å²) in [5.41, 5.74) is 0.537. The molecule has 1 aromatic rings. The predicted octanol–water partition coefficient (Wildman–Crippen LogP) is 1.38. The van der Waals surface area contributed by atoms with Gasteiger partial charge < -0.3 is 5.11 Å². The smallest absolute Gasteiger partial charge is 0.321 e. The standard InChI is InChI=1S/C10H10N2O4S/c13-10(14)7-5-17-9(11-7)6-3-1-2-4-8(6)12(15)16/h1-4,7,9,11H,5H2,(H,13,14)/t7-,9-/m0/s1. The van der Waals surface area contributed by atoms with Gasteiger partial charge in [-0.2, -0.15) is 0 Å². The average molecular weight is 254 g/mol. The molecule has 0 aliphatic carbocycles. The van der Waals surface area contributed by atoms with Gasteiger partial charge in [-0.25, -0.2) is 0 Å². The fourth-order valence-corrected chi connectivity index (χ4v) is 2.93. The van der Waals surface area contributed by atoms with Crippen LogP contribution < -0.4 is 5.32 Å². The van der Waals surface area contributed by atoms with Crippen molar-refractivity contribution in [2.75, 3.05) is 5.75 Å². The van der Waals surface area contributed by atoms with Crippen LogP contribution in [0.3, 0.4) is 0 Å². The van der Waals surface area contributed by atoms with Crippen molar-refractivity contribution in [3.05, 3.63) is 39.9 Å². The van der Waals surface area contributed by atoms with Crippen LogP contribution in [0.25, 0.3) is 0 Å². The van der Waals surface area contributed by atoms with Gasteiger partial charge in [0.25, 0.3) is 5.69 Å². The molecule has 0 spiro atoms. The number of rotatable bonds is 3. The van der Waals surface area contributed by atoms with Crippen molar-refractivity contribution >= 4 is 23.4 Å². The van der Waals surface area contributed by atoms with E-state index in [1.165, 1.54) is 17.8 Å². The molecule has 2 rings (SSSR count). The first-order chi connectivity index (χ1) is 8.09. The van der Waals surface area contributed by atoms with Crippen LogP contribution in [0.4, 0.5) is 5.69 Å². The molecule has 1 fully saturated rings. The van der Waals surface area contributed by atoms with Crippen molar-refractivity contribution in [3.8, 4) is 0 Å². The number of benzene rings is 1. The monoisotopic (exact) mass is 254 g/mol. The van der Waals surface area contributed by atoms with Gasteiger partial charge in [-0.05, 0) is 6.07 Å². The molecule has 1 aliphatic heterocycles. The number of hydrogen-bond acceptors (Lipinski definition) is 5. The van der Waals surface area contributed by atoms with Gasteiger partial charge in [-0.3, -0.25) is 20.2 Å². The summed E-state index contributed by atoms with van der Waals surface area (Å²) in [5, 5.41) is 22.2. The lowest BCUT2D eigenvalue weighted by Crippen LogP contribution is -2.33. The van der Waals surface area contributed by atoms with Crippen molar-refractivity contribution in [3.63, 3.8) is 0 Å². The second-order valence-corrected chi connectivity index (χ2v) is 4.72. The summed E-state index contributed by atoms with van der Waals surface area (Å²) in [4.78, 5) is 21.2. The third-order valence-corrected chi connectivity index (χ3v) is 3.75. The highest BCUT2D eigenvalue weighted by Crippen LogP contribution is 2.37. The van der Waals surface area contributed by atoms with Crippen molar-refractivity contribution < 1.29 is 14.8 Å². The molecular formula is C10H10N2O4S. The quantitative estimate of drug-likeness (QED) is 0.625. The Hall–Kier alpha value is -1.60. The summed E-state index contributed by atoms with van der Waals surface area (Å²) in [5.74, 6) is -0.523. The molecule has 0 bridgehead atoms. The van der Waals surface area contributed by atoms with E-state index in [4.69, 9.17) is 5.11 Å². The molecule has 0 saturated carbocycles. The van der Waals surface area contributed by atoms with E-state index in [2.05, 4.69) is 5.32 Å². The van der Waals surface area contributed by atoms with Gasteiger partial charge in [-0.1, -0.05) is 12.1 Å². The molecule has 6 nitrogen and oxygen atoms in total. The Labute approximate surface area is 101 Å². The average Bonchev–Trinajstić information content (AvgIpc) is 2.78. The van der Waals surface area contributed by atoms with Crippen LogP contribution >= 0.6 is 11.8 Å². The number of carbonyl (C=O) groups is 1. The Morgan fingerprint density at radius 3 is 2.82 bits per heavy atom. The SMILES string of the molecule is O=C(O)[C@@H]1CS[C@@H](c2ccccc2[N+](=O)[O-])N1. The molecule has 0 radical (unpaired) electrons. The zero-order valence-corrected chi connectivity index (χ0v) is 9.52. The Bertz CT molecular complexity index is 465. The van der Waals surface area contributed by atoms with Crippen molar-refractivity contribution in [1.29, 1.82) is 0 Å². The van der Waals surface area contributed by atoms with Gasteiger partial charge in [0.15, 0.2) is 0 Å². The first kappa shape index (κ1) is 11.9. The Morgan fingerprint density at radius 1 is 1.53 bits per heavy atom. The van der Waals surface area contributed by atoms with Crippen LogP contribution in [0, 0.1) is 10.1 Å². The van der Waals surface area contributed by atoms with Gasteiger partial charge in [0, 0.05) is 11.8 Å². The number of carboxylic acids is 1. The molecule has 2 N–H and O–H groups in total. The van der Waals surface area contributed by atoms with E-state index in [-0.39, 0.29) is 11.1 Å². The highest BCUT2D eigenvalue weighted by atomic mass is 32.2. The lowest BCUT2D eigenvalue weighted by atomic mass is 10.1. The molecule has 0 amide bonds. The van der Waals surface area contributed by atoms with Crippen LogP contribution in [0.5, 0.6) is 0 Å². The van der Waals surface area contributed by atoms with E-state index in [1.807, 2.05) is 0 Å². The van der Waals surface area contributed by atoms with Crippen molar-refractivity contribution in [2.24, 2.45) is 0 Å². The van der Waals surface area contributed by atoms with Crippen LogP contribution in [0.2, 0.25) is 0 Å². The molecule has 0 aromatic heterocycles. The molecule has 1 aromatic carbocycles. The summed E-state index contributed by atoms with van der Waals surface area (Å²) in [6.07, 6.45) is 0. The molecule has 7 heteroatoms. The van der Waals surface area contributed by atoms with Crippen LogP contribution in [0.1, 0.15) is 10.9 Å². The molecule has 90 valence electrons. The molecule has 1 saturated heterocycles. The Morgan fingerprint density at radius 2 is 2.24 bits per heavy atom. The number of thioether (sulfide) groups is 1. The topological polar surface area (TPSA) is 92.5 Å². The van der Waals surface area contributed by atoms with Crippen LogP contribution in [-0.2, 0) is 4.79 Å². The van der Waals surface area contributed by atoms with E-state index in [9.17, 15) is 14.9 Å². The van der Waals surface area contributed by atoms with Crippen LogP contribution in [-0.4, -0.2) is 27.8 Å². The number of carboxylic acid groups (broad SMARTS) is 1. The zero-order chi connectivity index (χ0) is 12.4. The highest BCUT2D eigenvalue weighted by Gasteiger charge is 2.33. The minimum atomic E-state index is -0.932. The third kappa shape index (κ3) is 2.40. The lowest BCUT2D eigenvalue weighted by molar-refractivity contribution is -0.385. The molecular weight excluding hydrogens is 244 g/mol. The number of para-hydroxylation sites is 1. The van der Waals surface area contributed by atoms with Gasteiger partial charge >= 0.3 is 5.97 Å². The van der Waals surface area contributed by atoms with Gasteiger partial charge in [0.1, 0.15) is 6.04 Å². The predicted molar refractivity (Wildman–Crippen MR) is 62.9 cm³/mol. The van der Waals surface area contributed by atoms with Gasteiger partial charge in [0.2, 0.25) is 0 Å². The second-order valence-electron chi connectivity index (χ2n) is 3.59. The number of nitro groups is 1. The maximum absolute atomic E-state index is 10.8. The van der Waals surface area contributed by atoms with Crippen molar-refractivity contribution in [2.45, 2.75) is 11.4 Å². The first-order valence-electron chi connectivity index (χ1n) is 4.93.